The second-order valence-corrected chi connectivity index (χ2v) is 6.56. The fourth-order valence-electron chi connectivity index (χ4n) is 3.24. The van der Waals surface area contributed by atoms with Gasteiger partial charge >= 0.3 is 6.03 Å². The Labute approximate surface area is 169 Å². The fourth-order valence-corrected chi connectivity index (χ4v) is 3.24. The van der Waals surface area contributed by atoms with E-state index in [0.717, 1.165) is 5.69 Å². The number of rotatable bonds is 4. The molecule has 2 aromatic rings. The molecule has 2 saturated heterocycles. The number of nitrogens with zero attached hydrogens (tertiary/aromatic N) is 2. The summed E-state index contributed by atoms with van der Waals surface area (Å²) in [7, 11) is 0. The van der Waals surface area contributed by atoms with Crippen LogP contribution in [0.25, 0.3) is 17.4 Å². The largest absolute Gasteiger partial charge is 0.457 e. The molecule has 0 unspecified atom stereocenters. The van der Waals surface area contributed by atoms with Crippen molar-refractivity contribution in [2.75, 3.05) is 31.2 Å². The SMILES string of the molecule is O=C1NC(=O)C(=Cc2ccc(-c3cc([N+](=O)[O-])ccc3N3CCOCC3)o2)C(=O)N1. The number of barbiturate groups is 1. The predicted molar refractivity (Wildman–Crippen MR) is 103 cm³/mol. The maximum absolute atomic E-state index is 11.9. The lowest BCUT2D eigenvalue weighted by Gasteiger charge is -2.30. The molecule has 0 aliphatic carbocycles. The number of ether oxygens (including phenoxy) is 1. The third-order valence-corrected chi connectivity index (χ3v) is 4.66. The molecule has 0 atom stereocenters. The number of nitro benzene ring substituents is 1. The zero-order valence-electron chi connectivity index (χ0n) is 15.5. The summed E-state index contributed by atoms with van der Waals surface area (Å²) in [6.45, 7) is 2.32. The molecule has 154 valence electrons. The van der Waals surface area contributed by atoms with Gasteiger partial charge in [-0.1, -0.05) is 0 Å². The number of urea groups is 1. The number of nitro groups is 1. The highest BCUT2D eigenvalue weighted by molar-refractivity contribution is 6.31. The van der Waals surface area contributed by atoms with Crippen LogP contribution in [-0.4, -0.2) is 49.1 Å². The maximum atomic E-state index is 11.9. The number of morpholine rings is 1. The molecule has 30 heavy (non-hydrogen) atoms. The first-order valence-corrected chi connectivity index (χ1v) is 9.02. The first-order chi connectivity index (χ1) is 14.4. The zero-order valence-corrected chi connectivity index (χ0v) is 15.5. The molecular formula is C19H16N4O7. The van der Waals surface area contributed by atoms with Crippen molar-refractivity contribution in [1.29, 1.82) is 0 Å². The van der Waals surface area contributed by atoms with Gasteiger partial charge in [-0.2, -0.15) is 0 Å². The number of carbonyl (C=O) groups is 3. The molecule has 4 amide bonds. The summed E-state index contributed by atoms with van der Waals surface area (Å²) in [6, 6.07) is 6.73. The van der Waals surface area contributed by atoms with Crippen molar-refractivity contribution < 1.29 is 28.5 Å². The summed E-state index contributed by atoms with van der Waals surface area (Å²) in [5.41, 5.74) is 0.866. The van der Waals surface area contributed by atoms with Crippen LogP contribution in [0.3, 0.4) is 0 Å². The van der Waals surface area contributed by atoms with E-state index < -0.39 is 22.8 Å². The van der Waals surface area contributed by atoms with Crippen molar-refractivity contribution in [1.82, 2.24) is 10.6 Å². The van der Waals surface area contributed by atoms with Crippen molar-refractivity contribution in [2.24, 2.45) is 0 Å². The van der Waals surface area contributed by atoms with Gasteiger partial charge in [0.05, 0.1) is 18.1 Å². The first-order valence-electron chi connectivity index (χ1n) is 9.02. The van der Waals surface area contributed by atoms with E-state index in [1.54, 1.807) is 12.1 Å². The molecule has 0 bridgehead atoms. The van der Waals surface area contributed by atoms with E-state index in [2.05, 4.69) is 0 Å². The van der Waals surface area contributed by atoms with Gasteiger partial charge in [0, 0.05) is 36.5 Å². The summed E-state index contributed by atoms with van der Waals surface area (Å²) < 4.78 is 11.1. The van der Waals surface area contributed by atoms with Crippen molar-refractivity contribution >= 4 is 35.3 Å². The number of imide groups is 2. The molecule has 2 aliphatic heterocycles. The molecule has 0 saturated carbocycles. The summed E-state index contributed by atoms with van der Waals surface area (Å²) in [5.74, 6) is -1.17. The second kappa shape index (κ2) is 7.79. The molecule has 2 N–H and O–H groups in total. The summed E-state index contributed by atoms with van der Waals surface area (Å²) in [4.78, 5) is 47.7. The molecule has 11 heteroatoms. The van der Waals surface area contributed by atoms with E-state index >= 15 is 0 Å². The number of hydrogen-bond donors (Lipinski definition) is 2. The van der Waals surface area contributed by atoms with Crippen LogP contribution >= 0.6 is 0 Å². The van der Waals surface area contributed by atoms with Gasteiger partial charge in [-0.05, 0) is 24.3 Å². The summed E-state index contributed by atoms with van der Waals surface area (Å²) >= 11 is 0. The Kier molecular flexibility index (Phi) is 5.02. The minimum absolute atomic E-state index is 0.0946. The number of non-ortho nitro benzene ring substituents is 1. The summed E-state index contributed by atoms with van der Waals surface area (Å²) in [5, 5.41) is 15.2. The lowest BCUT2D eigenvalue weighted by atomic mass is 10.1. The molecule has 0 spiro atoms. The van der Waals surface area contributed by atoms with Gasteiger partial charge in [0.1, 0.15) is 17.1 Å². The van der Waals surface area contributed by atoms with Gasteiger partial charge in [-0.3, -0.25) is 30.3 Å². The molecule has 4 rings (SSSR count). The molecule has 3 heterocycles. The molecular weight excluding hydrogens is 396 g/mol. The van der Waals surface area contributed by atoms with Crippen LogP contribution in [-0.2, 0) is 14.3 Å². The minimum Gasteiger partial charge on any atom is -0.457 e. The normalized spacial score (nSPS) is 16.9. The topological polar surface area (TPSA) is 144 Å². The van der Waals surface area contributed by atoms with Crippen LogP contribution in [0.5, 0.6) is 0 Å². The summed E-state index contributed by atoms with van der Waals surface area (Å²) in [6.07, 6.45) is 1.20. The van der Waals surface area contributed by atoms with Crippen molar-refractivity contribution in [3.8, 4) is 11.3 Å². The van der Waals surface area contributed by atoms with Crippen LogP contribution in [0.2, 0.25) is 0 Å². The smallest absolute Gasteiger partial charge is 0.328 e. The van der Waals surface area contributed by atoms with Crippen LogP contribution in [0, 0.1) is 10.1 Å². The number of amides is 4. The molecule has 1 aromatic heterocycles. The zero-order chi connectivity index (χ0) is 21.3. The average Bonchev–Trinajstić information content (AvgIpc) is 3.19. The molecule has 11 nitrogen and oxygen atoms in total. The monoisotopic (exact) mass is 412 g/mol. The molecule has 1 aromatic carbocycles. The van der Waals surface area contributed by atoms with E-state index in [1.165, 1.54) is 24.3 Å². The van der Waals surface area contributed by atoms with Crippen molar-refractivity contribution in [3.63, 3.8) is 0 Å². The van der Waals surface area contributed by atoms with Crippen molar-refractivity contribution in [3.05, 3.63) is 51.8 Å². The van der Waals surface area contributed by atoms with Gasteiger partial charge in [-0.15, -0.1) is 0 Å². The second-order valence-electron chi connectivity index (χ2n) is 6.56. The Balaban J connectivity index is 1.71. The van der Waals surface area contributed by atoms with Gasteiger partial charge in [-0.25, -0.2) is 4.79 Å². The molecule has 2 fully saturated rings. The first kappa shape index (κ1) is 19.3. The quantitative estimate of drug-likeness (QED) is 0.332. The Bertz CT molecular complexity index is 1060. The highest BCUT2D eigenvalue weighted by Crippen LogP contribution is 2.36. The van der Waals surface area contributed by atoms with Crippen LogP contribution in [0.1, 0.15) is 5.76 Å². The Hall–Kier alpha value is -3.99. The average molecular weight is 412 g/mol. The van der Waals surface area contributed by atoms with E-state index in [9.17, 15) is 24.5 Å². The van der Waals surface area contributed by atoms with E-state index in [1.807, 2.05) is 15.5 Å². The minimum atomic E-state index is -0.894. The third kappa shape index (κ3) is 3.78. The van der Waals surface area contributed by atoms with Crippen molar-refractivity contribution in [2.45, 2.75) is 0 Å². The van der Waals surface area contributed by atoms with E-state index in [-0.39, 0.29) is 17.0 Å². The highest BCUT2D eigenvalue weighted by atomic mass is 16.6. The van der Waals surface area contributed by atoms with Gasteiger partial charge in [0.15, 0.2) is 0 Å². The predicted octanol–water partition coefficient (Wildman–Crippen LogP) is 1.44. The van der Waals surface area contributed by atoms with Crippen LogP contribution < -0.4 is 15.5 Å². The number of hydrogen-bond acceptors (Lipinski definition) is 8. The fraction of sp³-hybridized carbons (Fsp3) is 0.211. The maximum Gasteiger partial charge on any atom is 0.328 e. The third-order valence-electron chi connectivity index (χ3n) is 4.66. The number of nitrogens with one attached hydrogen (secondary N) is 2. The Morgan fingerprint density at radius 1 is 1.03 bits per heavy atom. The molecule has 2 aliphatic rings. The number of carbonyl (C=O) groups excluding carboxylic acids is 3. The molecule has 0 radical (unpaired) electrons. The van der Waals surface area contributed by atoms with Gasteiger partial charge in [0.2, 0.25) is 0 Å². The standard InChI is InChI=1S/C19H16N4O7/c24-17-14(18(25)21-19(26)20-17)10-12-2-4-16(30-12)13-9-11(23(27)28)1-3-15(13)22-5-7-29-8-6-22/h1-4,9-10H,5-8H2,(H2,20,21,24,25,26). The lowest BCUT2D eigenvalue weighted by molar-refractivity contribution is -0.384. The Morgan fingerprint density at radius 2 is 1.73 bits per heavy atom. The van der Waals surface area contributed by atoms with Crippen LogP contribution in [0.15, 0.2) is 40.3 Å². The number of benzene rings is 1. The Morgan fingerprint density at radius 3 is 2.40 bits per heavy atom. The van der Waals surface area contributed by atoms with E-state index in [4.69, 9.17) is 9.15 Å². The highest BCUT2D eigenvalue weighted by Gasteiger charge is 2.28. The lowest BCUT2D eigenvalue weighted by Crippen LogP contribution is -2.51. The van der Waals surface area contributed by atoms with Gasteiger partial charge in [0.25, 0.3) is 17.5 Å². The van der Waals surface area contributed by atoms with Crippen LogP contribution in [0.4, 0.5) is 16.2 Å². The van der Waals surface area contributed by atoms with E-state index in [0.29, 0.717) is 37.6 Å². The number of furan rings is 1. The number of anilines is 1. The van der Waals surface area contributed by atoms with Gasteiger partial charge < -0.3 is 14.1 Å².